The van der Waals surface area contributed by atoms with Gasteiger partial charge in [-0.05, 0) is 93.9 Å². The molecule has 0 radical (unpaired) electrons. The highest BCUT2D eigenvalue weighted by Gasteiger charge is 2.56. The average molecular weight is 709 g/mol. The zero-order valence-corrected chi connectivity index (χ0v) is 33.9. The summed E-state index contributed by atoms with van der Waals surface area (Å²) in [6.45, 7) is 19.8. The first kappa shape index (κ1) is 33.3. The lowest BCUT2D eigenvalue weighted by Crippen LogP contribution is -2.51. The molecule has 0 saturated carbocycles. The van der Waals surface area contributed by atoms with Crippen LogP contribution >= 0.6 is 0 Å². The van der Waals surface area contributed by atoms with Crippen molar-refractivity contribution in [1.82, 2.24) is 0 Å². The molecule has 2 aliphatic heterocycles. The zero-order chi connectivity index (χ0) is 36.2. The Bertz CT molecular complexity index is 2250. The van der Waals surface area contributed by atoms with Crippen LogP contribution < -0.4 is 31.1 Å². The molecular weight excluding hydrogens is 660 g/mol. The van der Waals surface area contributed by atoms with Crippen LogP contribution in [0.1, 0.15) is 19.4 Å². The summed E-state index contributed by atoms with van der Waals surface area (Å²) >= 11 is 0. The maximum atomic E-state index is 2.54. The van der Waals surface area contributed by atoms with E-state index in [2.05, 4.69) is 202 Å². The lowest BCUT2D eigenvalue weighted by Gasteiger charge is -2.40. The van der Waals surface area contributed by atoms with Crippen molar-refractivity contribution in [2.75, 3.05) is 9.80 Å². The van der Waals surface area contributed by atoms with Crippen molar-refractivity contribution in [1.29, 1.82) is 0 Å². The second-order valence-electron chi connectivity index (χ2n) is 17.9. The molecule has 258 valence electrons. The number of fused-ring (bicyclic) bond motifs is 6. The maximum absolute atomic E-state index is 2.54. The molecule has 2 atom stereocenters. The third kappa shape index (κ3) is 5.03. The molecule has 0 aromatic heterocycles. The van der Waals surface area contributed by atoms with E-state index in [-0.39, 0.29) is 12.1 Å². The minimum absolute atomic E-state index is 0.0480. The van der Waals surface area contributed by atoms with Gasteiger partial charge in [0.15, 0.2) is 0 Å². The van der Waals surface area contributed by atoms with Crippen molar-refractivity contribution in [2.24, 2.45) is 17.3 Å². The quantitative estimate of drug-likeness (QED) is 0.162. The Morgan fingerprint density at radius 1 is 0.615 bits per heavy atom. The van der Waals surface area contributed by atoms with Crippen molar-refractivity contribution in [3.8, 4) is 0 Å². The van der Waals surface area contributed by atoms with Gasteiger partial charge in [-0.1, -0.05) is 154 Å². The van der Waals surface area contributed by atoms with Gasteiger partial charge in [-0.15, -0.1) is 0 Å². The molecule has 2 heterocycles. The Balaban J connectivity index is 1.27. The van der Waals surface area contributed by atoms with Gasteiger partial charge in [0.05, 0.1) is 16.1 Å². The SMILES string of the molecule is CC1(C)C2=C(B3c4ccc(N(c5ccc([Si](C)(C)C)cc5)c5ccc([Si](C)(C)C)cc5)cc4N(c4ccccc4)c4cccc2c43)C2C=CC=CC21. The highest BCUT2D eigenvalue weighted by atomic mass is 28.3. The van der Waals surface area contributed by atoms with Crippen molar-refractivity contribution in [3.63, 3.8) is 0 Å². The number of para-hydroxylation sites is 1. The molecule has 52 heavy (non-hydrogen) atoms. The summed E-state index contributed by atoms with van der Waals surface area (Å²) in [5.74, 6) is 0.880. The Labute approximate surface area is 313 Å². The molecule has 0 spiro atoms. The van der Waals surface area contributed by atoms with Crippen LogP contribution in [0.5, 0.6) is 0 Å². The summed E-state index contributed by atoms with van der Waals surface area (Å²) in [5.41, 5.74) is 14.9. The summed E-state index contributed by atoms with van der Waals surface area (Å²) in [6, 6.07) is 44.2. The van der Waals surface area contributed by atoms with E-state index in [1.54, 1.807) is 11.0 Å². The Morgan fingerprint density at radius 3 is 1.83 bits per heavy atom. The van der Waals surface area contributed by atoms with Gasteiger partial charge in [0.1, 0.15) is 0 Å². The van der Waals surface area contributed by atoms with E-state index in [1.807, 2.05) is 0 Å². The predicted molar refractivity (Wildman–Crippen MR) is 233 cm³/mol. The molecule has 0 fully saturated rings. The van der Waals surface area contributed by atoms with Crippen LogP contribution in [-0.4, -0.2) is 22.9 Å². The van der Waals surface area contributed by atoms with E-state index in [1.165, 1.54) is 61.0 Å². The number of allylic oxidation sites excluding steroid dienone is 6. The monoisotopic (exact) mass is 708 g/mol. The fourth-order valence-corrected chi connectivity index (χ4v) is 12.0. The molecule has 2 unspecified atom stereocenters. The van der Waals surface area contributed by atoms with Crippen LogP contribution in [-0.2, 0) is 0 Å². The molecule has 0 N–H and O–H groups in total. The van der Waals surface area contributed by atoms with Crippen LogP contribution in [0.4, 0.5) is 34.1 Å². The Morgan fingerprint density at radius 2 is 1.21 bits per heavy atom. The van der Waals surface area contributed by atoms with Gasteiger partial charge in [0.2, 0.25) is 6.71 Å². The number of nitrogens with zero attached hydrogens (tertiary/aromatic N) is 2. The fraction of sp³-hybridized carbons (Fsp3) is 0.234. The molecule has 2 aliphatic carbocycles. The number of hydrogen-bond acceptors (Lipinski definition) is 2. The van der Waals surface area contributed by atoms with Crippen LogP contribution in [0.3, 0.4) is 0 Å². The van der Waals surface area contributed by atoms with Crippen molar-refractivity contribution in [2.45, 2.75) is 53.1 Å². The second-order valence-corrected chi connectivity index (χ2v) is 28.0. The van der Waals surface area contributed by atoms with Gasteiger partial charge in [0, 0.05) is 34.1 Å². The van der Waals surface area contributed by atoms with Gasteiger partial charge in [0.25, 0.3) is 0 Å². The van der Waals surface area contributed by atoms with Crippen molar-refractivity contribution >= 4 is 83.9 Å². The van der Waals surface area contributed by atoms with Gasteiger partial charge >= 0.3 is 0 Å². The first-order valence-electron chi connectivity index (χ1n) is 19.1. The standard InChI is InChI=1S/C47H49BN2Si2/c1-47(2)40-19-13-12-17-38(40)46-44(47)39-18-14-20-42-45(39)48(46)41-30-25-35(31-43(41)50(42)32-15-10-9-11-16-32)49(33-21-26-36(27-22-33)51(3,4)5)34-23-28-37(29-24-34)52(6,7)8/h9-31,38,40H,1-8H3. The van der Waals surface area contributed by atoms with E-state index in [0.29, 0.717) is 11.8 Å². The highest BCUT2D eigenvalue weighted by molar-refractivity contribution is 6.96. The van der Waals surface area contributed by atoms with Crippen LogP contribution in [0, 0.1) is 17.3 Å². The van der Waals surface area contributed by atoms with Gasteiger partial charge in [-0.25, -0.2) is 0 Å². The van der Waals surface area contributed by atoms with E-state index < -0.39 is 16.1 Å². The predicted octanol–water partition coefficient (Wildman–Crippen LogP) is 10.3. The third-order valence-corrected chi connectivity index (χ3v) is 16.4. The molecule has 9 rings (SSSR count). The molecule has 4 aliphatic rings. The number of hydrogen-bond donors (Lipinski definition) is 0. The Hall–Kier alpha value is -4.58. The van der Waals surface area contributed by atoms with E-state index >= 15 is 0 Å². The number of rotatable bonds is 6. The summed E-state index contributed by atoms with van der Waals surface area (Å²) < 4.78 is 0. The van der Waals surface area contributed by atoms with E-state index in [9.17, 15) is 0 Å². The van der Waals surface area contributed by atoms with Crippen molar-refractivity contribution in [3.05, 3.63) is 151 Å². The minimum Gasteiger partial charge on any atom is -0.311 e. The molecule has 5 aromatic carbocycles. The molecule has 0 saturated heterocycles. The topological polar surface area (TPSA) is 6.48 Å². The molecule has 5 heteroatoms. The van der Waals surface area contributed by atoms with Crippen molar-refractivity contribution < 1.29 is 0 Å². The second kappa shape index (κ2) is 11.7. The number of anilines is 6. The smallest absolute Gasteiger partial charge is 0.244 e. The largest absolute Gasteiger partial charge is 0.311 e. The summed E-state index contributed by atoms with van der Waals surface area (Å²) in [6.07, 6.45) is 9.49. The highest BCUT2D eigenvalue weighted by Crippen LogP contribution is 2.60. The van der Waals surface area contributed by atoms with Gasteiger partial charge in [-0.3, -0.25) is 0 Å². The zero-order valence-electron chi connectivity index (χ0n) is 31.9. The molecular formula is C47H49BN2Si2. The number of benzene rings is 5. The fourth-order valence-electron chi connectivity index (χ4n) is 9.65. The average Bonchev–Trinajstić information content (AvgIpc) is 3.60. The third-order valence-electron chi connectivity index (χ3n) is 12.3. The van der Waals surface area contributed by atoms with Crippen LogP contribution in [0.2, 0.25) is 39.3 Å². The molecule has 2 nitrogen and oxygen atoms in total. The van der Waals surface area contributed by atoms with E-state index in [4.69, 9.17) is 0 Å². The normalized spacial score (nSPS) is 19.4. The lowest BCUT2D eigenvalue weighted by molar-refractivity contribution is 0.342. The lowest BCUT2D eigenvalue weighted by atomic mass is 9.34. The molecule has 0 bridgehead atoms. The first-order valence-corrected chi connectivity index (χ1v) is 26.1. The first-order chi connectivity index (χ1) is 24.8. The summed E-state index contributed by atoms with van der Waals surface area (Å²) in [4.78, 5) is 5.01. The Kier molecular flexibility index (Phi) is 7.49. The van der Waals surface area contributed by atoms with Gasteiger partial charge < -0.3 is 9.80 Å². The molecule has 5 aromatic rings. The molecule has 0 amide bonds. The van der Waals surface area contributed by atoms with Crippen LogP contribution in [0.15, 0.2) is 145 Å². The van der Waals surface area contributed by atoms with Crippen LogP contribution in [0.25, 0.3) is 5.57 Å². The maximum Gasteiger partial charge on any atom is 0.244 e. The minimum atomic E-state index is -1.45. The summed E-state index contributed by atoms with van der Waals surface area (Å²) in [7, 11) is -2.90. The van der Waals surface area contributed by atoms with E-state index in [0.717, 1.165) is 0 Å². The van der Waals surface area contributed by atoms with Gasteiger partial charge in [-0.2, -0.15) is 0 Å². The summed E-state index contributed by atoms with van der Waals surface area (Å²) in [5, 5.41) is 2.96.